The number of carbonyl (C=O) groups excluding carboxylic acids is 2. The Kier molecular flexibility index (Phi) is 7.57. The monoisotopic (exact) mass is 500 g/mol. The molecule has 192 valence electrons. The predicted octanol–water partition coefficient (Wildman–Crippen LogP) is 2.18. The molecule has 3 aromatic rings. The van der Waals surface area contributed by atoms with Gasteiger partial charge in [0.15, 0.2) is 0 Å². The second-order valence-electron chi connectivity index (χ2n) is 9.23. The van der Waals surface area contributed by atoms with Crippen LogP contribution in [0.3, 0.4) is 0 Å². The van der Waals surface area contributed by atoms with E-state index in [-0.39, 0.29) is 24.4 Å². The van der Waals surface area contributed by atoms with Crippen molar-refractivity contribution in [1.29, 1.82) is 0 Å². The molecule has 2 fully saturated rings. The van der Waals surface area contributed by atoms with Crippen LogP contribution in [-0.4, -0.2) is 72.0 Å². The first kappa shape index (κ1) is 24.7. The highest BCUT2D eigenvalue weighted by Crippen LogP contribution is 2.24. The van der Waals surface area contributed by atoms with Crippen LogP contribution in [0.1, 0.15) is 12.8 Å². The Bertz CT molecular complexity index is 1220. The molecule has 2 saturated heterocycles. The maximum Gasteiger partial charge on any atom is 0.239 e. The largest absolute Gasteiger partial charge is 0.368 e. The average molecular weight is 501 g/mol. The molecule has 10 heteroatoms. The maximum absolute atomic E-state index is 12.6. The molecule has 0 unspecified atom stereocenters. The molecule has 0 aliphatic carbocycles. The first-order valence-electron chi connectivity index (χ1n) is 12.7. The number of nitrogens with zero attached hydrogens (tertiary/aromatic N) is 4. The molecule has 2 aliphatic rings. The molecule has 0 bridgehead atoms. The molecule has 1 atom stereocenters. The lowest BCUT2D eigenvalue weighted by Crippen LogP contribution is -2.53. The minimum Gasteiger partial charge on any atom is -0.368 e. The van der Waals surface area contributed by atoms with Crippen LogP contribution in [-0.2, 0) is 9.59 Å². The Balaban J connectivity index is 1.17. The fourth-order valence-corrected chi connectivity index (χ4v) is 4.70. The van der Waals surface area contributed by atoms with Crippen molar-refractivity contribution in [2.24, 2.45) is 5.73 Å². The van der Waals surface area contributed by atoms with Crippen molar-refractivity contribution in [2.45, 2.75) is 18.9 Å². The van der Waals surface area contributed by atoms with Crippen LogP contribution in [0, 0.1) is 0 Å². The first-order chi connectivity index (χ1) is 18.1. The second kappa shape index (κ2) is 11.4. The first-order valence-corrected chi connectivity index (χ1v) is 12.7. The predicted molar refractivity (Wildman–Crippen MR) is 145 cm³/mol. The van der Waals surface area contributed by atoms with Crippen LogP contribution in [0.4, 0.5) is 23.0 Å². The van der Waals surface area contributed by atoms with Gasteiger partial charge >= 0.3 is 0 Å². The Morgan fingerprint density at radius 2 is 1.70 bits per heavy atom. The minimum absolute atomic E-state index is 0.000930. The lowest BCUT2D eigenvalue weighted by atomic mass is 10.1. The molecule has 1 aromatic heterocycles. The maximum atomic E-state index is 12.6. The van der Waals surface area contributed by atoms with E-state index >= 15 is 0 Å². The van der Waals surface area contributed by atoms with Crippen molar-refractivity contribution in [1.82, 2.24) is 20.2 Å². The summed E-state index contributed by atoms with van der Waals surface area (Å²) < 4.78 is 0. The summed E-state index contributed by atoms with van der Waals surface area (Å²) in [5, 5.41) is 9.31. The Morgan fingerprint density at radius 1 is 0.973 bits per heavy atom. The zero-order chi connectivity index (χ0) is 25.6. The lowest BCUT2D eigenvalue weighted by molar-refractivity contribution is -0.133. The molecule has 37 heavy (non-hydrogen) atoms. The number of anilines is 4. The zero-order valence-electron chi connectivity index (χ0n) is 20.7. The van der Waals surface area contributed by atoms with Crippen LogP contribution in [0.25, 0.3) is 11.3 Å². The number of rotatable bonds is 7. The molecule has 0 radical (unpaired) electrons. The minimum atomic E-state index is -0.235. The normalized spacial score (nSPS) is 17.5. The average Bonchev–Trinajstić information content (AvgIpc) is 3.49. The third-order valence-corrected chi connectivity index (χ3v) is 6.74. The molecule has 2 amide bonds. The number of hydrogen-bond acceptors (Lipinski definition) is 8. The van der Waals surface area contributed by atoms with Gasteiger partial charge in [-0.25, -0.2) is 9.97 Å². The van der Waals surface area contributed by atoms with E-state index in [1.165, 1.54) is 0 Å². The topological polar surface area (TPSA) is 129 Å². The van der Waals surface area contributed by atoms with Gasteiger partial charge in [0.2, 0.25) is 17.8 Å². The third kappa shape index (κ3) is 6.04. The van der Waals surface area contributed by atoms with Gasteiger partial charge in [0, 0.05) is 55.0 Å². The smallest absolute Gasteiger partial charge is 0.239 e. The number of carbonyl (C=O) groups is 2. The Morgan fingerprint density at radius 3 is 2.38 bits per heavy atom. The highest BCUT2D eigenvalue weighted by Gasteiger charge is 2.29. The summed E-state index contributed by atoms with van der Waals surface area (Å²) in [7, 11) is 0. The number of piperazine rings is 1. The number of nitrogens with one attached hydrogen (secondary N) is 3. The van der Waals surface area contributed by atoms with Gasteiger partial charge in [0.1, 0.15) is 0 Å². The van der Waals surface area contributed by atoms with Crippen molar-refractivity contribution in [2.75, 3.05) is 54.8 Å². The van der Waals surface area contributed by atoms with Gasteiger partial charge in [0.25, 0.3) is 0 Å². The van der Waals surface area contributed by atoms with E-state index in [0.717, 1.165) is 68.2 Å². The van der Waals surface area contributed by atoms with E-state index in [1.54, 1.807) is 6.20 Å². The molecule has 2 aliphatic heterocycles. The van der Waals surface area contributed by atoms with Gasteiger partial charge in [0.05, 0.1) is 18.3 Å². The third-order valence-electron chi connectivity index (χ3n) is 6.74. The Hall–Kier alpha value is -4.02. The highest BCUT2D eigenvalue weighted by molar-refractivity contribution is 5.92. The molecule has 5 N–H and O–H groups in total. The standard InChI is InChI=1S/C27H32N8O2/c28-18-25(36)31-20-5-3-19(4-6-20)23-11-13-30-27(33-23)32-21-7-9-22(10-8-21)34-14-16-35(17-15-34)26(37)24-2-1-12-29-24/h3-11,13,24,29H,1-2,12,14-18,28H2,(H,31,36)(H,30,32,33)/t24-/m0/s1. The number of nitrogens with two attached hydrogens (primary N) is 1. The summed E-state index contributed by atoms with van der Waals surface area (Å²) in [4.78, 5) is 37.4. The van der Waals surface area contributed by atoms with Crippen molar-refractivity contribution in [3.8, 4) is 11.3 Å². The zero-order valence-corrected chi connectivity index (χ0v) is 20.7. The highest BCUT2D eigenvalue weighted by atomic mass is 16.2. The van der Waals surface area contributed by atoms with Crippen molar-refractivity contribution >= 4 is 34.8 Å². The van der Waals surface area contributed by atoms with Crippen LogP contribution in [0.5, 0.6) is 0 Å². The van der Waals surface area contributed by atoms with E-state index in [0.29, 0.717) is 11.6 Å². The SMILES string of the molecule is NCC(=O)Nc1ccc(-c2ccnc(Nc3ccc(N4CCN(C(=O)[C@@H]5CCCN5)CC4)cc3)n2)cc1. The number of aromatic nitrogens is 2. The molecular formula is C27H32N8O2. The lowest BCUT2D eigenvalue weighted by Gasteiger charge is -2.37. The van der Waals surface area contributed by atoms with Crippen molar-refractivity contribution < 1.29 is 9.59 Å². The van der Waals surface area contributed by atoms with Gasteiger partial charge in [-0.3, -0.25) is 9.59 Å². The van der Waals surface area contributed by atoms with Gasteiger partial charge in [-0.05, 0) is 61.9 Å². The number of hydrogen-bond donors (Lipinski definition) is 4. The van der Waals surface area contributed by atoms with E-state index in [2.05, 4.69) is 43.0 Å². The summed E-state index contributed by atoms with van der Waals surface area (Å²) in [6, 6.07) is 17.5. The van der Waals surface area contributed by atoms with Crippen molar-refractivity contribution in [3.05, 3.63) is 60.8 Å². The summed E-state index contributed by atoms with van der Waals surface area (Å²) in [5.74, 6) is 0.508. The van der Waals surface area contributed by atoms with E-state index in [4.69, 9.17) is 5.73 Å². The molecule has 5 rings (SSSR count). The molecular weight excluding hydrogens is 468 g/mol. The van der Waals surface area contributed by atoms with E-state index < -0.39 is 0 Å². The van der Waals surface area contributed by atoms with Crippen molar-refractivity contribution in [3.63, 3.8) is 0 Å². The summed E-state index contributed by atoms with van der Waals surface area (Å²) in [5.41, 5.74) is 9.74. The fourth-order valence-electron chi connectivity index (χ4n) is 4.70. The van der Waals surface area contributed by atoms with Crippen LogP contribution in [0.2, 0.25) is 0 Å². The van der Waals surface area contributed by atoms with Gasteiger partial charge in [-0.2, -0.15) is 0 Å². The summed E-state index contributed by atoms with van der Waals surface area (Å²) in [6.07, 6.45) is 3.74. The number of amides is 2. The van der Waals surface area contributed by atoms with Crippen LogP contribution in [0.15, 0.2) is 60.8 Å². The van der Waals surface area contributed by atoms with Gasteiger partial charge < -0.3 is 31.5 Å². The second-order valence-corrected chi connectivity index (χ2v) is 9.23. The molecule has 2 aromatic carbocycles. The fraction of sp³-hybridized carbons (Fsp3) is 0.333. The molecule has 3 heterocycles. The van der Waals surface area contributed by atoms with Gasteiger partial charge in [-0.1, -0.05) is 12.1 Å². The molecule has 0 saturated carbocycles. The number of benzene rings is 2. The molecule has 0 spiro atoms. The Labute approximate surface area is 216 Å². The quantitative estimate of drug-likeness (QED) is 0.389. The summed E-state index contributed by atoms with van der Waals surface area (Å²) >= 11 is 0. The van der Waals surface area contributed by atoms with Gasteiger partial charge in [-0.15, -0.1) is 0 Å². The van der Waals surface area contributed by atoms with E-state index in [1.807, 2.05) is 47.4 Å². The molecule has 10 nitrogen and oxygen atoms in total. The summed E-state index contributed by atoms with van der Waals surface area (Å²) in [6.45, 7) is 4.03. The van der Waals surface area contributed by atoms with E-state index in [9.17, 15) is 9.59 Å². The van der Waals surface area contributed by atoms with Crippen LogP contribution >= 0.6 is 0 Å². The van der Waals surface area contributed by atoms with Crippen LogP contribution < -0.4 is 26.6 Å².